The molecule has 11 heteroatoms. The molecule has 0 unspecified atom stereocenters. The fraction of sp³-hybridized carbons (Fsp3) is 0.333. The second-order valence-corrected chi connectivity index (χ2v) is 12.5. The summed E-state index contributed by atoms with van der Waals surface area (Å²) in [7, 11) is -4.30. The van der Waals surface area contributed by atoms with Crippen molar-refractivity contribution in [1.82, 2.24) is 10.2 Å². The molecule has 0 fully saturated rings. The van der Waals surface area contributed by atoms with Crippen LogP contribution in [0.4, 0.5) is 10.1 Å². The van der Waals surface area contributed by atoms with Crippen LogP contribution in [0.15, 0.2) is 71.6 Å². The summed E-state index contributed by atoms with van der Waals surface area (Å²) in [6.07, 6.45) is 0.946. The van der Waals surface area contributed by atoms with Crippen molar-refractivity contribution in [2.24, 2.45) is 0 Å². The zero-order valence-corrected chi connectivity index (χ0v) is 25.7. The number of nitrogens with one attached hydrogen (secondary N) is 1. The van der Waals surface area contributed by atoms with Crippen LogP contribution >= 0.6 is 23.2 Å². The Morgan fingerprint density at radius 1 is 0.951 bits per heavy atom. The van der Waals surface area contributed by atoms with E-state index in [1.807, 2.05) is 20.8 Å². The molecule has 0 aliphatic rings. The third kappa shape index (κ3) is 8.21. The van der Waals surface area contributed by atoms with E-state index in [4.69, 9.17) is 23.2 Å². The predicted octanol–water partition coefficient (Wildman–Crippen LogP) is 6.36. The van der Waals surface area contributed by atoms with E-state index in [9.17, 15) is 22.4 Å². The molecule has 220 valence electrons. The van der Waals surface area contributed by atoms with Crippen molar-refractivity contribution in [1.29, 1.82) is 0 Å². The number of amides is 2. The lowest BCUT2D eigenvalue weighted by Crippen LogP contribution is -2.53. The molecule has 0 heterocycles. The topological polar surface area (TPSA) is 86.8 Å². The van der Waals surface area contributed by atoms with Gasteiger partial charge in [0.1, 0.15) is 18.4 Å². The summed E-state index contributed by atoms with van der Waals surface area (Å²) in [5.74, 6) is -1.46. The molecule has 0 saturated carbocycles. The van der Waals surface area contributed by atoms with Gasteiger partial charge in [-0.1, -0.05) is 66.9 Å². The van der Waals surface area contributed by atoms with Crippen LogP contribution in [-0.4, -0.2) is 43.8 Å². The van der Waals surface area contributed by atoms with Gasteiger partial charge in [0.2, 0.25) is 11.8 Å². The summed E-state index contributed by atoms with van der Waals surface area (Å²) < 4.78 is 42.4. The summed E-state index contributed by atoms with van der Waals surface area (Å²) in [6, 6.07) is 15.0. The summed E-state index contributed by atoms with van der Waals surface area (Å²) in [4.78, 5) is 28.7. The summed E-state index contributed by atoms with van der Waals surface area (Å²) in [6.45, 7) is 6.66. The second kappa shape index (κ2) is 14.2. The molecule has 0 saturated heterocycles. The lowest BCUT2D eigenvalue weighted by molar-refractivity contribution is -0.140. The van der Waals surface area contributed by atoms with E-state index in [0.717, 1.165) is 9.87 Å². The normalized spacial score (nSPS) is 12.9. The van der Waals surface area contributed by atoms with Gasteiger partial charge in [-0.2, -0.15) is 0 Å². The van der Waals surface area contributed by atoms with Crippen LogP contribution in [0.3, 0.4) is 0 Å². The number of benzene rings is 3. The van der Waals surface area contributed by atoms with Crippen LogP contribution in [0.5, 0.6) is 0 Å². The maximum atomic E-state index is 14.1. The zero-order chi connectivity index (χ0) is 30.3. The molecule has 0 aliphatic heterocycles. The van der Waals surface area contributed by atoms with Crippen LogP contribution in [0, 0.1) is 12.7 Å². The quantitative estimate of drug-likeness (QED) is 0.255. The average Bonchev–Trinajstić information content (AvgIpc) is 2.94. The van der Waals surface area contributed by atoms with E-state index in [2.05, 4.69) is 5.32 Å². The third-order valence-electron chi connectivity index (χ3n) is 6.72. The van der Waals surface area contributed by atoms with E-state index in [0.29, 0.717) is 12.0 Å². The minimum atomic E-state index is -4.30. The summed E-state index contributed by atoms with van der Waals surface area (Å²) in [5.41, 5.74) is 1.45. The van der Waals surface area contributed by atoms with Gasteiger partial charge in [-0.3, -0.25) is 13.9 Å². The van der Waals surface area contributed by atoms with Crippen molar-refractivity contribution in [3.63, 3.8) is 0 Å². The second-order valence-electron chi connectivity index (χ2n) is 9.81. The molecule has 7 nitrogen and oxygen atoms in total. The van der Waals surface area contributed by atoms with Crippen LogP contribution in [0.2, 0.25) is 10.0 Å². The molecule has 3 aromatic rings. The van der Waals surface area contributed by atoms with Crippen LogP contribution in [0.1, 0.15) is 44.7 Å². The van der Waals surface area contributed by atoms with E-state index in [1.165, 1.54) is 59.5 Å². The van der Waals surface area contributed by atoms with E-state index in [1.54, 1.807) is 19.1 Å². The van der Waals surface area contributed by atoms with Crippen LogP contribution in [-0.2, 0) is 26.2 Å². The molecule has 0 radical (unpaired) electrons. The Kier molecular flexibility index (Phi) is 11.2. The van der Waals surface area contributed by atoms with E-state index < -0.39 is 34.3 Å². The van der Waals surface area contributed by atoms with Crippen LogP contribution in [0.25, 0.3) is 0 Å². The molecule has 41 heavy (non-hydrogen) atoms. The highest BCUT2D eigenvalue weighted by molar-refractivity contribution is 7.92. The summed E-state index contributed by atoms with van der Waals surface area (Å²) in [5, 5.41) is 3.21. The molecule has 3 rings (SSSR count). The molecule has 0 aliphatic carbocycles. The highest BCUT2D eigenvalue weighted by Crippen LogP contribution is 2.33. The van der Waals surface area contributed by atoms with Gasteiger partial charge in [-0.25, -0.2) is 12.8 Å². The van der Waals surface area contributed by atoms with Crippen molar-refractivity contribution >= 4 is 50.7 Å². The van der Waals surface area contributed by atoms with Crippen molar-refractivity contribution in [2.45, 2.75) is 64.1 Å². The Bertz CT molecular complexity index is 1470. The molecule has 0 bridgehead atoms. The van der Waals surface area contributed by atoms with Gasteiger partial charge in [0, 0.05) is 17.6 Å². The minimum absolute atomic E-state index is 0.0203. The average molecular weight is 623 g/mol. The molecule has 1 N–H and O–H groups in total. The number of nitrogens with zero attached hydrogens (tertiary/aromatic N) is 2. The first-order valence-corrected chi connectivity index (χ1v) is 15.5. The lowest BCUT2D eigenvalue weighted by Gasteiger charge is -2.34. The number of aryl methyl sites for hydroxylation is 1. The Labute approximate surface area is 251 Å². The van der Waals surface area contributed by atoms with Crippen molar-refractivity contribution in [2.75, 3.05) is 10.8 Å². The Morgan fingerprint density at radius 2 is 1.59 bits per heavy atom. The number of hydrogen-bond donors (Lipinski definition) is 1. The zero-order valence-electron chi connectivity index (χ0n) is 23.4. The number of anilines is 1. The van der Waals surface area contributed by atoms with E-state index in [-0.39, 0.29) is 45.5 Å². The molecule has 0 spiro atoms. The number of rotatable bonds is 12. The van der Waals surface area contributed by atoms with Crippen molar-refractivity contribution in [3.8, 4) is 0 Å². The first kappa shape index (κ1) is 32.4. The fourth-order valence-electron chi connectivity index (χ4n) is 4.17. The molecular formula is C30H34Cl2FN3O4S. The SMILES string of the molecule is CC[C@@H](C)NC(=O)[C@H](CC)N(Cc1ccc(F)cc1)C(=O)CN(c1cc(Cl)ccc1Cl)S(=O)(=O)c1ccc(C)cc1. The number of sulfonamides is 1. The van der Waals surface area contributed by atoms with Crippen molar-refractivity contribution < 1.29 is 22.4 Å². The number of hydrogen-bond acceptors (Lipinski definition) is 4. The van der Waals surface area contributed by atoms with Gasteiger partial charge in [-0.05, 0) is 74.7 Å². The smallest absolute Gasteiger partial charge is 0.264 e. The van der Waals surface area contributed by atoms with E-state index >= 15 is 0 Å². The fourth-order valence-corrected chi connectivity index (χ4v) is 6.04. The predicted molar refractivity (Wildman–Crippen MR) is 161 cm³/mol. The van der Waals surface area contributed by atoms with Gasteiger partial charge in [0.05, 0.1) is 15.6 Å². The van der Waals surface area contributed by atoms with Gasteiger partial charge in [0.15, 0.2) is 0 Å². The first-order chi connectivity index (χ1) is 19.4. The molecule has 3 aromatic carbocycles. The Hall–Kier alpha value is -3.14. The Morgan fingerprint density at radius 3 is 2.17 bits per heavy atom. The summed E-state index contributed by atoms with van der Waals surface area (Å²) >= 11 is 12.7. The monoisotopic (exact) mass is 621 g/mol. The number of carbonyl (C=O) groups is 2. The maximum absolute atomic E-state index is 14.1. The lowest BCUT2D eigenvalue weighted by atomic mass is 10.1. The molecule has 0 aromatic heterocycles. The molecular weight excluding hydrogens is 588 g/mol. The van der Waals surface area contributed by atoms with Gasteiger partial charge in [-0.15, -0.1) is 0 Å². The molecule has 2 atom stereocenters. The first-order valence-electron chi connectivity index (χ1n) is 13.3. The van der Waals surface area contributed by atoms with Crippen LogP contribution < -0.4 is 9.62 Å². The maximum Gasteiger partial charge on any atom is 0.264 e. The van der Waals surface area contributed by atoms with Crippen molar-refractivity contribution in [3.05, 3.63) is 93.7 Å². The highest BCUT2D eigenvalue weighted by atomic mass is 35.5. The minimum Gasteiger partial charge on any atom is -0.352 e. The highest BCUT2D eigenvalue weighted by Gasteiger charge is 2.34. The number of carbonyl (C=O) groups excluding carboxylic acids is 2. The van der Waals surface area contributed by atoms with Gasteiger partial charge >= 0.3 is 0 Å². The largest absolute Gasteiger partial charge is 0.352 e. The van der Waals surface area contributed by atoms with Gasteiger partial charge in [0.25, 0.3) is 10.0 Å². The number of halogens is 3. The molecule has 2 amide bonds. The van der Waals surface area contributed by atoms with Gasteiger partial charge < -0.3 is 10.2 Å². The Balaban J connectivity index is 2.10. The standard InChI is InChI=1S/C30H34Cl2FN3O4S/c1-5-21(4)34-30(38)27(6-2)35(18-22-9-12-24(33)13-10-22)29(37)19-36(28-17-23(31)11-16-26(28)32)41(39,40)25-14-7-20(3)8-15-25/h7-17,21,27H,5-6,18-19H2,1-4H3,(H,34,38)/t21-,27+/m1/s1. The third-order valence-corrected chi connectivity index (χ3v) is 9.05.